The van der Waals surface area contributed by atoms with E-state index in [9.17, 15) is 4.79 Å². The summed E-state index contributed by atoms with van der Waals surface area (Å²) in [5, 5.41) is 4.61. The van der Waals surface area contributed by atoms with Gasteiger partial charge in [0.05, 0.1) is 12.0 Å². The van der Waals surface area contributed by atoms with Gasteiger partial charge in [0.2, 0.25) is 0 Å². The Balaban J connectivity index is 1.47. The number of allylic oxidation sites excluding steroid dienone is 2. The number of benzene rings is 1. The topological polar surface area (TPSA) is 55.1 Å². The summed E-state index contributed by atoms with van der Waals surface area (Å²) in [7, 11) is 0. The Hall–Kier alpha value is -2.85. The van der Waals surface area contributed by atoms with E-state index < -0.39 is 0 Å². The molecule has 3 aromatic rings. The van der Waals surface area contributed by atoms with E-state index in [1.54, 1.807) is 12.5 Å². The Morgan fingerprint density at radius 1 is 1.33 bits per heavy atom. The predicted molar refractivity (Wildman–Crippen MR) is 106 cm³/mol. The molecular weight excluding hydrogens is 360 g/mol. The van der Waals surface area contributed by atoms with E-state index in [0.717, 1.165) is 22.2 Å². The fourth-order valence-electron chi connectivity index (χ4n) is 3.36. The molecule has 0 saturated carbocycles. The Morgan fingerprint density at radius 3 is 3.00 bits per heavy atom. The lowest BCUT2D eigenvalue weighted by molar-refractivity contribution is -0.117. The van der Waals surface area contributed by atoms with Crippen molar-refractivity contribution in [1.82, 2.24) is 10.3 Å². The van der Waals surface area contributed by atoms with Crippen molar-refractivity contribution in [2.75, 3.05) is 0 Å². The Labute approximate surface area is 162 Å². The summed E-state index contributed by atoms with van der Waals surface area (Å²) in [6, 6.07) is 11.3. The highest BCUT2D eigenvalue weighted by atomic mass is 35.5. The highest BCUT2D eigenvalue weighted by Gasteiger charge is 2.29. The van der Waals surface area contributed by atoms with E-state index in [1.807, 2.05) is 48.6 Å². The van der Waals surface area contributed by atoms with Crippen LogP contribution in [0.25, 0.3) is 11.0 Å². The summed E-state index contributed by atoms with van der Waals surface area (Å²) < 4.78 is 5.48. The van der Waals surface area contributed by atoms with Crippen LogP contribution in [0.4, 0.5) is 0 Å². The summed E-state index contributed by atoms with van der Waals surface area (Å²) in [6.45, 7) is 2.56. The molecule has 0 saturated heterocycles. The van der Waals surface area contributed by atoms with Crippen molar-refractivity contribution in [2.24, 2.45) is 0 Å². The Morgan fingerprint density at radius 2 is 2.22 bits per heavy atom. The van der Waals surface area contributed by atoms with Crippen LogP contribution < -0.4 is 5.32 Å². The fraction of sp³-hybridized carbons (Fsp3) is 0.182. The van der Waals surface area contributed by atoms with Crippen molar-refractivity contribution in [3.63, 3.8) is 0 Å². The molecule has 0 radical (unpaired) electrons. The predicted octanol–water partition coefficient (Wildman–Crippen LogP) is 4.94. The lowest BCUT2D eigenvalue weighted by Gasteiger charge is -2.27. The lowest BCUT2D eigenvalue weighted by atomic mass is 9.77. The quantitative estimate of drug-likeness (QED) is 0.699. The van der Waals surface area contributed by atoms with Crippen molar-refractivity contribution >= 4 is 28.5 Å². The summed E-state index contributed by atoms with van der Waals surface area (Å²) in [6.07, 6.45) is 10.0. The van der Waals surface area contributed by atoms with Crippen LogP contribution in [-0.4, -0.2) is 10.9 Å². The van der Waals surface area contributed by atoms with Crippen LogP contribution in [0, 0.1) is 0 Å². The highest BCUT2D eigenvalue weighted by Crippen LogP contribution is 2.36. The monoisotopic (exact) mass is 378 g/mol. The number of nitrogens with one attached hydrogen (secondary N) is 1. The average Bonchev–Trinajstić information content (AvgIpc) is 3.15. The summed E-state index contributed by atoms with van der Waals surface area (Å²) in [5.74, 6) is -0.0947. The molecule has 1 aliphatic rings. The largest absolute Gasteiger partial charge is 0.464 e. The molecule has 27 heavy (non-hydrogen) atoms. The summed E-state index contributed by atoms with van der Waals surface area (Å²) in [4.78, 5) is 17.1. The molecule has 2 heterocycles. The van der Waals surface area contributed by atoms with Gasteiger partial charge in [0.25, 0.3) is 5.91 Å². The molecule has 0 bridgehead atoms. The van der Waals surface area contributed by atoms with E-state index in [4.69, 9.17) is 16.0 Å². The molecule has 1 amide bonds. The molecule has 1 aromatic carbocycles. The number of aromatic nitrogens is 1. The molecule has 0 fully saturated rings. The second kappa shape index (κ2) is 7.05. The first-order chi connectivity index (χ1) is 13.0. The number of furan rings is 1. The third-order valence-corrected chi connectivity index (χ3v) is 5.14. The first kappa shape index (κ1) is 17.6. The Kier molecular flexibility index (Phi) is 4.58. The second-order valence-corrected chi connectivity index (χ2v) is 7.36. The van der Waals surface area contributed by atoms with Crippen molar-refractivity contribution in [3.05, 3.63) is 88.9 Å². The van der Waals surface area contributed by atoms with Crippen molar-refractivity contribution in [2.45, 2.75) is 25.3 Å². The molecular formula is C22H19ClN2O2. The summed E-state index contributed by atoms with van der Waals surface area (Å²) >= 11 is 5.98. The first-order valence-electron chi connectivity index (χ1n) is 8.80. The van der Waals surface area contributed by atoms with Crippen LogP contribution >= 0.6 is 11.6 Å². The standard InChI is InChI=1S/C22H19ClN2O2/c1-22(20-18-8-12-27-19(18)7-11-24-20)9-5-16(6-10-22)21(26)25-14-15-3-2-4-17(23)13-15/h2-9,11-13H,10,14H2,1H3,(H,25,26). The maximum Gasteiger partial charge on any atom is 0.251 e. The smallest absolute Gasteiger partial charge is 0.251 e. The van der Waals surface area contributed by atoms with Gasteiger partial charge in [-0.25, -0.2) is 0 Å². The lowest BCUT2D eigenvalue weighted by Crippen LogP contribution is -2.28. The third-order valence-electron chi connectivity index (χ3n) is 4.90. The van der Waals surface area contributed by atoms with Gasteiger partial charge in [-0.3, -0.25) is 9.78 Å². The van der Waals surface area contributed by atoms with E-state index in [0.29, 0.717) is 23.6 Å². The molecule has 1 aliphatic carbocycles. The van der Waals surface area contributed by atoms with E-state index >= 15 is 0 Å². The number of pyridine rings is 1. The molecule has 1 N–H and O–H groups in total. The number of hydrogen-bond donors (Lipinski definition) is 1. The minimum atomic E-state index is -0.278. The van der Waals surface area contributed by atoms with Crippen LogP contribution in [0.5, 0.6) is 0 Å². The van der Waals surface area contributed by atoms with Crippen LogP contribution in [0.3, 0.4) is 0 Å². The number of nitrogens with zero attached hydrogens (tertiary/aromatic N) is 1. The van der Waals surface area contributed by atoms with E-state index in [1.165, 1.54) is 0 Å². The van der Waals surface area contributed by atoms with Gasteiger partial charge in [0.1, 0.15) is 5.58 Å². The summed E-state index contributed by atoms with van der Waals surface area (Å²) in [5.41, 5.74) is 3.13. The number of rotatable bonds is 4. The zero-order valence-electron chi connectivity index (χ0n) is 14.9. The van der Waals surface area contributed by atoms with Gasteiger partial charge in [-0.1, -0.05) is 48.9 Å². The number of carbonyl (C=O) groups is 1. The van der Waals surface area contributed by atoms with E-state index in [2.05, 4.69) is 23.3 Å². The minimum Gasteiger partial charge on any atom is -0.464 e. The van der Waals surface area contributed by atoms with Gasteiger partial charge in [-0.05, 0) is 36.2 Å². The number of fused-ring (bicyclic) bond motifs is 1. The van der Waals surface area contributed by atoms with Gasteiger partial charge in [-0.2, -0.15) is 0 Å². The number of halogens is 1. The maximum atomic E-state index is 12.5. The van der Waals surface area contributed by atoms with Gasteiger partial charge < -0.3 is 9.73 Å². The van der Waals surface area contributed by atoms with Crippen LogP contribution in [-0.2, 0) is 16.8 Å². The van der Waals surface area contributed by atoms with Crippen LogP contribution in [0.15, 0.2) is 77.1 Å². The van der Waals surface area contributed by atoms with Gasteiger partial charge >= 0.3 is 0 Å². The maximum absolute atomic E-state index is 12.5. The fourth-order valence-corrected chi connectivity index (χ4v) is 3.57. The zero-order valence-corrected chi connectivity index (χ0v) is 15.7. The molecule has 5 heteroatoms. The molecule has 136 valence electrons. The molecule has 4 rings (SSSR count). The number of carbonyl (C=O) groups excluding carboxylic acids is 1. The van der Waals surface area contributed by atoms with Crippen molar-refractivity contribution < 1.29 is 9.21 Å². The van der Waals surface area contributed by atoms with Gasteiger partial charge in [-0.15, -0.1) is 0 Å². The van der Waals surface area contributed by atoms with Crippen LogP contribution in [0.1, 0.15) is 24.6 Å². The normalized spacial score (nSPS) is 19.1. The van der Waals surface area contributed by atoms with E-state index in [-0.39, 0.29) is 11.3 Å². The second-order valence-electron chi connectivity index (χ2n) is 6.92. The van der Waals surface area contributed by atoms with Crippen LogP contribution in [0.2, 0.25) is 5.02 Å². The minimum absolute atomic E-state index is 0.0947. The molecule has 0 spiro atoms. The van der Waals surface area contributed by atoms with Crippen molar-refractivity contribution in [1.29, 1.82) is 0 Å². The number of hydrogen-bond acceptors (Lipinski definition) is 3. The highest BCUT2D eigenvalue weighted by molar-refractivity contribution is 6.30. The molecule has 4 nitrogen and oxygen atoms in total. The molecule has 1 atom stereocenters. The third kappa shape index (κ3) is 3.53. The average molecular weight is 379 g/mol. The molecule has 2 aromatic heterocycles. The number of amides is 1. The Bertz CT molecular complexity index is 1070. The van der Waals surface area contributed by atoms with Gasteiger partial charge in [0, 0.05) is 34.1 Å². The first-order valence-corrected chi connectivity index (χ1v) is 9.18. The SMILES string of the molecule is CC1(c2nccc3occc23)C=CC(C(=O)NCc2cccc(Cl)c2)=CC1. The van der Waals surface area contributed by atoms with Gasteiger partial charge in [0.15, 0.2) is 0 Å². The van der Waals surface area contributed by atoms with Crippen molar-refractivity contribution in [3.8, 4) is 0 Å². The molecule has 0 aliphatic heterocycles. The zero-order chi connectivity index (χ0) is 18.9. The molecule has 1 unspecified atom stereocenters.